The van der Waals surface area contributed by atoms with Gasteiger partial charge in [0.1, 0.15) is 22.8 Å². The molecule has 0 aliphatic heterocycles. The standard InChI is InChI=1S/C27H25ClN2O7/c1-30(2)21-15-10-11-9-14-12(13-5-3-4-6-16(13)28)7-8-17(31)19(14)22(32)18(11)24(34)27(15,37)25(35)20(23(21)33)26(29)36/h3-8,11,15,21,31,33-34,37H,9-10H2,1-2H3,(H2,29,36)/t11-,15+,21+,27+/m0/s1. The van der Waals surface area contributed by atoms with E-state index in [1.807, 2.05) is 0 Å². The van der Waals surface area contributed by atoms with E-state index in [1.54, 1.807) is 44.4 Å². The molecule has 3 aliphatic carbocycles. The lowest BCUT2D eigenvalue weighted by Gasteiger charge is -2.50. The number of rotatable bonds is 3. The maximum Gasteiger partial charge on any atom is 0.255 e. The van der Waals surface area contributed by atoms with Crippen LogP contribution in [0, 0.1) is 11.8 Å². The number of carbonyl (C=O) groups excluding carboxylic acids is 3. The van der Waals surface area contributed by atoms with E-state index in [1.165, 1.54) is 11.0 Å². The number of aliphatic hydroxyl groups is 3. The van der Waals surface area contributed by atoms with Crippen LogP contribution in [0.5, 0.6) is 5.75 Å². The zero-order chi connectivity index (χ0) is 27.0. The molecule has 6 N–H and O–H groups in total. The van der Waals surface area contributed by atoms with E-state index in [-0.39, 0.29) is 29.7 Å². The van der Waals surface area contributed by atoms with Crippen molar-refractivity contribution >= 4 is 29.1 Å². The number of allylic oxidation sites excluding steroid dienone is 1. The van der Waals surface area contributed by atoms with Crippen molar-refractivity contribution in [3.63, 3.8) is 0 Å². The molecule has 0 aromatic heterocycles. The number of aromatic hydroxyl groups is 1. The third kappa shape index (κ3) is 3.34. The highest BCUT2D eigenvalue weighted by Crippen LogP contribution is 2.53. The van der Waals surface area contributed by atoms with Gasteiger partial charge in [-0.3, -0.25) is 19.3 Å². The Labute approximate surface area is 217 Å². The molecule has 9 nitrogen and oxygen atoms in total. The number of nitrogens with zero attached hydrogens (tertiary/aromatic N) is 1. The van der Waals surface area contributed by atoms with Gasteiger partial charge in [-0.15, -0.1) is 0 Å². The molecule has 0 fully saturated rings. The molecule has 10 heteroatoms. The number of phenols is 1. The van der Waals surface area contributed by atoms with E-state index in [0.29, 0.717) is 21.7 Å². The second-order valence-corrected chi connectivity index (χ2v) is 10.3. The Kier molecular flexibility index (Phi) is 5.71. The van der Waals surface area contributed by atoms with Gasteiger partial charge in [0.2, 0.25) is 5.78 Å². The maximum atomic E-state index is 13.8. The lowest BCUT2D eigenvalue weighted by molar-refractivity contribution is -0.148. The zero-order valence-corrected chi connectivity index (χ0v) is 20.8. The first-order chi connectivity index (χ1) is 17.4. The number of hydrogen-bond acceptors (Lipinski definition) is 8. The molecular weight excluding hydrogens is 500 g/mol. The second-order valence-electron chi connectivity index (χ2n) is 9.93. The average molecular weight is 525 g/mol. The van der Waals surface area contributed by atoms with Crippen molar-refractivity contribution in [3.05, 3.63) is 75.2 Å². The highest BCUT2D eigenvalue weighted by molar-refractivity contribution is 6.33. The predicted molar refractivity (Wildman–Crippen MR) is 134 cm³/mol. The minimum Gasteiger partial charge on any atom is -0.510 e. The molecule has 0 unspecified atom stereocenters. The third-order valence-corrected chi connectivity index (χ3v) is 8.10. The van der Waals surface area contributed by atoms with Gasteiger partial charge >= 0.3 is 0 Å². The van der Waals surface area contributed by atoms with Crippen LogP contribution in [0.25, 0.3) is 11.1 Å². The molecule has 2 aromatic carbocycles. The molecule has 1 amide bonds. The van der Waals surface area contributed by atoms with Gasteiger partial charge in [0.05, 0.1) is 11.6 Å². The van der Waals surface area contributed by atoms with E-state index < -0.39 is 58.0 Å². The van der Waals surface area contributed by atoms with Crippen molar-refractivity contribution in [2.24, 2.45) is 17.6 Å². The summed E-state index contributed by atoms with van der Waals surface area (Å²) in [4.78, 5) is 40.7. The van der Waals surface area contributed by atoms with Crippen LogP contribution in [-0.2, 0) is 16.0 Å². The Morgan fingerprint density at radius 3 is 2.38 bits per heavy atom. The molecule has 2 aromatic rings. The largest absolute Gasteiger partial charge is 0.510 e. The van der Waals surface area contributed by atoms with Crippen molar-refractivity contribution in [2.45, 2.75) is 24.5 Å². The molecule has 5 rings (SSSR count). The first-order valence-electron chi connectivity index (χ1n) is 11.7. The lowest BCUT2D eigenvalue weighted by atomic mass is 9.58. The Morgan fingerprint density at radius 1 is 1.08 bits per heavy atom. The molecule has 192 valence electrons. The molecule has 3 aliphatic rings. The van der Waals surface area contributed by atoms with Gasteiger partial charge in [-0.1, -0.05) is 35.9 Å². The maximum absolute atomic E-state index is 13.8. The Morgan fingerprint density at radius 2 is 1.76 bits per heavy atom. The number of amides is 1. The van der Waals surface area contributed by atoms with Crippen LogP contribution in [0.4, 0.5) is 0 Å². The fourth-order valence-electron chi connectivity index (χ4n) is 6.18. The number of aliphatic hydroxyl groups excluding tert-OH is 2. The number of nitrogens with two attached hydrogens (primary N) is 1. The number of primary amides is 1. The van der Waals surface area contributed by atoms with Crippen molar-refractivity contribution in [2.75, 3.05) is 14.1 Å². The molecular formula is C27H25ClN2O7. The van der Waals surface area contributed by atoms with Gasteiger partial charge in [-0.25, -0.2) is 0 Å². The van der Waals surface area contributed by atoms with Crippen LogP contribution in [0.1, 0.15) is 22.3 Å². The number of ketones is 2. The monoisotopic (exact) mass is 524 g/mol. The molecule has 37 heavy (non-hydrogen) atoms. The molecule has 0 spiro atoms. The summed E-state index contributed by atoms with van der Waals surface area (Å²) < 4.78 is 0. The second kappa shape index (κ2) is 8.44. The molecule has 4 atom stereocenters. The van der Waals surface area contributed by atoms with E-state index in [4.69, 9.17) is 17.3 Å². The van der Waals surface area contributed by atoms with Crippen LogP contribution in [0.15, 0.2) is 59.1 Å². The molecule has 0 radical (unpaired) electrons. The number of fused-ring (bicyclic) bond motifs is 3. The van der Waals surface area contributed by atoms with Gasteiger partial charge in [0, 0.05) is 22.1 Å². The summed E-state index contributed by atoms with van der Waals surface area (Å²) in [6.07, 6.45) is 0.201. The fourth-order valence-corrected chi connectivity index (χ4v) is 6.42. The van der Waals surface area contributed by atoms with E-state index in [9.17, 15) is 34.8 Å². The number of halogens is 1. The summed E-state index contributed by atoms with van der Waals surface area (Å²) in [5, 5.41) is 44.9. The van der Waals surface area contributed by atoms with E-state index in [2.05, 4.69) is 0 Å². The van der Waals surface area contributed by atoms with Crippen molar-refractivity contribution in [3.8, 4) is 16.9 Å². The van der Waals surface area contributed by atoms with Gasteiger partial charge in [-0.2, -0.15) is 0 Å². The van der Waals surface area contributed by atoms with Crippen molar-refractivity contribution < 1.29 is 34.8 Å². The molecule has 0 bridgehead atoms. The summed E-state index contributed by atoms with van der Waals surface area (Å²) >= 11 is 6.43. The number of carbonyl (C=O) groups is 3. The number of hydrogen-bond donors (Lipinski definition) is 5. The third-order valence-electron chi connectivity index (χ3n) is 7.77. The van der Waals surface area contributed by atoms with Gasteiger partial charge in [0.15, 0.2) is 11.4 Å². The smallest absolute Gasteiger partial charge is 0.255 e. The van der Waals surface area contributed by atoms with Crippen LogP contribution >= 0.6 is 11.6 Å². The minimum atomic E-state index is -2.67. The van der Waals surface area contributed by atoms with Crippen molar-refractivity contribution in [1.82, 2.24) is 4.90 Å². The number of benzene rings is 2. The normalized spacial score (nSPS) is 27.2. The summed E-state index contributed by atoms with van der Waals surface area (Å²) in [7, 11) is 3.17. The number of phenolic OH excluding ortho intramolecular Hbond substituents is 1. The summed E-state index contributed by atoms with van der Waals surface area (Å²) in [6, 6.07) is 9.04. The Bertz CT molecular complexity index is 1460. The Balaban J connectivity index is 1.74. The zero-order valence-electron chi connectivity index (χ0n) is 20.0. The van der Waals surface area contributed by atoms with Crippen LogP contribution < -0.4 is 5.73 Å². The first kappa shape index (κ1) is 25.0. The van der Waals surface area contributed by atoms with Gasteiger partial charge < -0.3 is 26.2 Å². The molecule has 0 saturated heterocycles. The highest BCUT2D eigenvalue weighted by atomic mass is 35.5. The first-order valence-corrected chi connectivity index (χ1v) is 12.0. The quantitative estimate of drug-likeness (QED) is 0.382. The number of Topliss-reactive ketones (excluding diaryl/α,β-unsaturated/α-hetero) is 2. The average Bonchev–Trinajstić information content (AvgIpc) is 2.82. The Hall–Kier alpha value is -3.66. The molecule has 0 saturated carbocycles. The summed E-state index contributed by atoms with van der Waals surface area (Å²) in [6.45, 7) is 0. The van der Waals surface area contributed by atoms with E-state index >= 15 is 0 Å². The summed E-state index contributed by atoms with van der Waals surface area (Å²) in [5.74, 6) is -6.83. The lowest BCUT2D eigenvalue weighted by Crippen LogP contribution is -2.63. The highest BCUT2D eigenvalue weighted by Gasteiger charge is 2.63. The van der Waals surface area contributed by atoms with Gasteiger partial charge in [0.25, 0.3) is 5.91 Å². The summed E-state index contributed by atoms with van der Waals surface area (Å²) in [5.41, 5.74) is 3.39. The SMILES string of the molecule is CN(C)[C@H]1C(O)=C(C(N)=O)C(=O)[C@]2(O)C(O)=C3C(=O)c4c(O)ccc(-c5ccccc5Cl)c4C[C@H]3C[C@H]12. The van der Waals surface area contributed by atoms with Gasteiger partial charge in [-0.05, 0) is 56.1 Å². The predicted octanol–water partition coefficient (Wildman–Crippen LogP) is 2.44. The molecule has 0 heterocycles. The van der Waals surface area contributed by atoms with Crippen LogP contribution in [0.3, 0.4) is 0 Å². The van der Waals surface area contributed by atoms with E-state index in [0.717, 1.165) is 0 Å². The topological polar surface area (TPSA) is 161 Å². The number of likely N-dealkylation sites (N-methyl/N-ethyl adjacent to an activating group) is 1. The van der Waals surface area contributed by atoms with Crippen LogP contribution in [-0.4, -0.2) is 68.5 Å². The van der Waals surface area contributed by atoms with Crippen LogP contribution in [0.2, 0.25) is 5.02 Å². The van der Waals surface area contributed by atoms with Crippen molar-refractivity contribution in [1.29, 1.82) is 0 Å². The minimum absolute atomic E-state index is 0.0172. The fraction of sp³-hybridized carbons (Fsp3) is 0.296.